The van der Waals surface area contributed by atoms with E-state index >= 15 is 0 Å². The maximum absolute atomic E-state index is 13.1. The van der Waals surface area contributed by atoms with Crippen LogP contribution in [-0.2, 0) is 23.1 Å². The summed E-state index contributed by atoms with van der Waals surface area (Å²) in [6, 6.07) is 9.76. The summed E-state index contributed by atoms with van der Waals surface area (Å²) in [6.07, 6.45) is 0. The van der Waals surface area contributed by atoms with Crippen molar-refractivity contribution in [1.29, 1.82) is 0 Å². The second kappa shape index (κ2) is 9.29. The first-order chi connectivity index (χ1) is 12.7. The van der Waals surface area contributed by atoms with Crippen LogP contribution < -0.4 is 5.32 Å². The molecule has 148 valence electrons. The van der Waals surface area contributed by atoms with Crippen molar-refractivity contribution in [2.24, 2.45) is 4.99 Å². The van der Waals surface area contributed by atoms with Crippen molar-refractivity contribution in [3.05, 3.63) is 52.7 Å². The summed E-state index contributed by atoms with van der Waals surface area (Å²) in [5.74, 6) is 0.440. The molecule has 1 aromatic heterocycles. The van der Waals surface area contributed by atoms with Gasteiger partial charge in [-0.05, 0) is 36.8 Å². The van der Waals surface area contributed by atoms with Gasteiger partial charge in [0.1, 0.15) is 10.0 Å². The highest BCUT2D eigenvalue weighted by atomic mass is 32.2. The van der Waals surface area contributed by atoms with Gasteiger partial charge in [-0.1, -0.05) is 12.1 Å². The molecule has 1 N–H and O–H groups in total. The van der Waals surface area contributed by atoms with Gasteiger partial charge in [0.15, 0.2) is 5.96 Å². The molecule has 0 saturated heterocycles. The molecule has 0 aliphatic rings. The molecule has 0 spiro atoms. The molecular weight excluding hydrogens is 387 g/mol. The van der Waals surface area contributed by atoms with Crippen molar-refractivity contribution < 1.29 is 12.8 Å². The predicted octanol–water partition coefficient (Wildman–Crippen LogP) is 2.74. The van der Waals surface area contributed by atoms with Gasteiger partial charge in [-0.3, -0.25) is 0 Å². The standard InChI is InChI=1S/C18H25FN4O2S2/c1-5-20-18(23(4)13-14-6-8-15(19)9-7-14)21-12-16-10-11-17(26-16)27(24,25)22(2)3/h6-11H,5,12-13H2,1-4H3,(H,20,21). The number of aliphatic imine (C=N–C) groups is 1. The smallest absolute Gasteiger partial charge is 0.252 e. The fourth-order valence-electron chi connectivity index (χ4n) is 2.32. The highest BCUT2D eigenvalue weighted by Crippen LogP contribution is 2.24. The molecule has 9 heteroatoms. The normalized spacial score (nSPS) is 12.4. The van der Waals surface area contributed by atoms with Crippen LogP contribution in [0.1, 0.15) is 17.4 Å². The Kier molecular flexibility index (Phi) is 7.34. The minimum atomic E-state index is -3.42. The molecule has 0 bridgehead atoms. The van der Waals surface area contributed by atoms with Crippen LogP contribution in [0.5, 0.6) is 0 Å². The van der Waals surface area contributed by atoms with Crippen LogP contribution >= 0.6 is 11.3 Å². The average molecular weight is 413 g/mol. The summed E-state index contributed by atoms with van der Waals surface area (Å²) in [7, 11) is 1.51. The number of sulfonamides is 1. The molecule has 0 radical (unpaired) electrons. The van der Waals surface area contributed by atoms with Crippen LogP contribution in [0.3, 0.4) is 0 Å². The lowest BCUT2D eigenvalue weighted by molar-refractivity contribution is 0.476. The average Bonchev–Trinajstić information content (AvgIpc) is 3.10. The summed E-state index contributed by atoms with van der Waals surface area (Å²) in [5, 5.41) is 3.22. The number of nitrogens with zero attached hydrogens (tertiary/aromatic N) is 3. The van der Waals surface area contributed by atoms with E-state index in [0.29, 0.717) is 29.8 Å². The van der Waals surface area contributed by atoms with Crippen LogP contribution in [0.15, 0.2) is 45.6 Å². The minimum absolute atomic E-state index is 0.261. The van der Waals surface area contributed by atoms with Gasteiger partial charge in [-0.25, -0.2) is 22.1 Å². The van der Waals surface area contributed by atoms with Gasteiger partial charge < -0.3 is 10.2 Å². The zero-order valence-corrected chi connectivity index (χ0v) is 17.6. The first-order valence-electron chi connectivity index (χ1n) is 8.49. The van der Waals surface area contributed by atoms with Gasteiger partial charge >= 0.3 is 0 Å². The second-order valence-electron chi connectivity index (χ2n) is 6.16. The third-order valence-electron chi connectivity index (χ3n) is 3.79. The topological polar surface area (TPSA) is 65.0 Å². The highest BCUT2D eigenvalue weighted by Gasteiger charge is 2.19. The Hall–Kier alpha value is -1.97. The predicted molar refractivity (Wildman–Crippen MR) is 108 cm³/mol. The lowest BCUT2D eigenvalue weighted by Crippen LogP contribution is -2.38. The Morgan fingerprint density at radius 3 is 2.41 bits per heavy atom. The van der Waals surface area contributed by atoms with Crippen molar-refractivity contribution in [2.75, 3.05) is 27.7 Å². The highest BCUT2D eigenvalue weighted by molar-refractivity contribution is 7.91. The number of hydrogen-bond donors (Lipinski definition) is 1. The molecule has 0 fully saturated rings. The van der Waals surface area contributed by atoms with E-state index in [1.807, 2.05) is 18.9 Å². The van der Waals surface area contributed by atoms with Gasteiger partial charge in [0.25, 0.3) is 10.0 Å². The molecule has 0 unspecified atom stereocenters. The molecule has 6 nitrogen and oxygen atoms in total. The molecule has 2 rings (SSSR count). The monoisotopic (exact) mass is 412 g/mol. The van der Waals surface area contributed by atoms with E-state index < -0.39 is 10.0 Å². The van der Waals surface area contributed by atoms with Gasteiger partial charge in [0.05, 0.1) is 6.54 Å². The van der Waals surface area contributed by atoms with E-state index in [4.69, 9.17) is 0 Å². The maximum atomic E-state index is 13.1. The van der Waals surface area contributed by atoms with E-state index in [9.17, 15) is 12.8 Å². The summed E-state index contributed by atoms with van der Waals surface area (Å²) < 4.78 is 38.9. The molecule has 0 saturated carbocycles. The summed E-state index contributed by atoms with van der Waals surface area (Å²) in [4.78, 5) is 7.41. The quantitative estimate of drug-likeness (QED) is 0.561. The molecule has 27 heavy (non-hydrogen) atoms. The number of thiophene rings is 1. The molecule has 0 amide bonds. The summed E-state index contributed by atoms with van der Waals surface area (Å²) in [5.41, 5.74) is 0.972. The fourth-order valence-corrected chi connectivity index (χ4v) is 4.77. The van der Waals surface area contributed by atoms with E-state index in [1.54, 1.807) is 24.3 Å². The molecule has 1 heterocycles. The van der Waals surface area contributed by atoms with Crippen LogP contribution in [0.25, 0.3) is 0 Å². The molecule has 1 aromatic carbocycles. The Morgan fingerprint density at radius 1 is 1.15 bits per heavy atom. The molecule has 0 atom stereocenters. The first-order valence-corrected chi connectivity index (χ1v) is 10.7. The van der Waals surface area contributed by atoms with Gasteiger partial charge in [0, 0.05) is 39.1 Å². The lowest BCUT2D eigenvalue weighted by Gasteiger charge is -2.22. The third kappa shape index (κ3) is 5.75. The van der Waals surface area contributed by atoms with Crippen molar-refractivity contribution in [3.63, 3.8) is 0 Å². The largest absolute Gasteiger partial charge is 0.357 e. The zero-order chi connectivity index (χ0) is 20.0. The number of guanidine groups is 1. The minimum Gasteiger partial charge on any atom is -0.357 e. The van der Waals surface area contributed by atoms with Gasteiger partial charge in [-0.15, -0.1) is 11.3 Å². The number of benzene rings is 1. The molecule has 2 aromatic rings. The van der Waals surface area contributed by atoms with Crippen molar-refractivity contribution in [2.45, 2.75) is 24.2 Å². The third-order valence-corrected chi connectivity index (χ3v) is 7.14. The lowest BCUT2D eigenvalue weighted by atomic mass is 10.2. The Bertz CT molecular complexity index is 877. The Morgan fingerprint density at radius 2 is 1.81 bits per heavy atom. The van der Waals surface area contributed by atoms with Crippen LogP contribution in [0, 0.1) is 5.82 Å². The SMILES string of the molecule is CCNC(=NCc1ccc(S(=O)(=O)N(C)C)s1)N(C)Cc1ccc(F)cc1. The van der Waals surface area contributed by atoms with Crippen LogP contribution in [0.2, 0.25) is 0 Å². The van der Waals surface area contributed by atoms with Gasteiger partial charge in [-0.2, -0.15) is 0 Å². The molecular formula is C18H25FN4O2S2. The van der Waals surface area contributed by atoms with Crippen molar-refractivity contribution in [3.8, 4) is 0 Å². The zero-order valence-electron chi connectivity index (χ0n) is 15.9. The number of nitrogens with one attached hydrogen (secondary N) is 1. The van der Waals surface area contributed by atoms with Crippen molar-refractivity contribution in [1.82, 2.24) is 14.5 Å². The Balaban J connectivity index is 2.11. The van der Waals surface area contributed by atoms with E-state index in [2.05, 4.69) is 10.3 Å². The number of halogens is 1. The maximum Gasteiger partial charge on any atom is 0.252 e. The van der Waals surface area contributed by atoms with Crippen LogP contribution in [-0.4, -0.2) is 51.3 Å². The van der Waals surface area contributed by atoms with E-state index in [1.165, 1.54) is 41.9 Å². The Labute approximate surface area is 164 Å². The number of rotatable bonds is 7. The summed E-state index contributed by atoms with van der Waals surface area (Å²) >= 11 is 1.22. The van der Waals surface area contributed by atoms with Crippen LogP contribution in [0.4, 0.5) is 4.39 Å². The summed E-state index contributed by atoms with van der Waals surface area (Å²) in [6.45, 7) is 3.64. The van der Waals surface area contributed by atoms with E-state index in [0.717, 1.165) is 10.4 Å². The van der Waals surface area contributed by atoms with E-state index in [-0.39, 0.29) is 5.82 Å². The number of hydrogen-bond acceptors (Lipinski definition) is 4. The fraction of sp³-hybridized carbons (Fsp3) is 0.389. The van der Waals surface area contributed by atoms with Gasteiger partial charge in [0.2, 0.25) is 0 Å². The molecule has 0 aliphatic heterocycles. The first kappa shape index (κ1) is 21.3. The second-order valence-corrected chi connectivity index (χ2v) is 9.71. The molecule has 0 aliphatic carbocycles. The van der Waals surface area contributed by atoms with Crippen molar-refractivity contribution >= 4 is 27.3 Å².